The van der Waals surface area contributed by atoms with E-state index in [1.807, 2.05) is 0 Å². The molecule has 1 aliphatic rings. The van der Waals surface area contributed by atoms with Gasteiger partial charge in [-0.2, -0.15) is 0 Å². The van der Waals surface area contributed by atoms with Gasteiger partial charge in [0.25, 0.3) is 0 Å². The first-order chi connectivity index (χ1) is 14.6. The van der Waals surface area contributed by atoms with Crippen LogP contribution in [0.1, 0.15) is 57.2 Å². The van der Waals surface area contributed by atoms with Crippen LogP contribution in [0.15, 0.2) is 78.9 Å². The number of hydrogen-bond acceptors (Lipinski definition) is 0. The Labute approximate surface area is 179 Å². The molecule has 1 nitrogen and oxygen atoms in total. The molecule has 30 heavy (non-hydrogen) atoms. The van der Waals surface area contributed by atoms with Gasteiger partial charge < -0.3 is 4.57 Å². The number of aromatic nitrogens is 1. The van der Waals surface area contributed by atoms with E-state index in [2.05, 4.69) is 111 Å². The van der Waals surface area contributed by atoms with Crippen LogP contribution in [0.2, 0.25) is 0 Å². The van der Waals surface area contributed by atoms with Gasteiger partial charge in [-0.25, -0.2) is 0 Å². The Morgan fingerprint density at radius 3 is 2.53 bits per heavy atom. The molecule has 5 rings (SSSR count). The number of para-hydroxylation sites is 2. The number of nitrogens with zero attached hydrogens (tertiary/aromatic N) is 1. The van der Waals surface area contributed by atoms with Crippen LogP contribution in [0.4, 0.5) is 0 Å². The van der Waals surface area contributed by atoms with Crippen LogP contribution in [0.5, 0.6) is 0 Å². The second kappa shape index (κ2) is 7.02. The molecule has 4 aromatic rings. The molecule has 0 saturated heterocycles. The quantitative estimate of drug-likeness (QED) is 0.309. The van der Waals surface area contributed by atoms with Gasteiger partial charge in [0, 0.05) is 16.2 Å². The molecular formula is C29H29N. The molecule has 150 valence electrons. The van der Waals surface area contributed by atoms with Crippen LogP contribution in [0, 0.1) is 0 Å². The molecule has 1 heteroatoms. The number of allylic oxidation sites excluding steroid dienone is 4. The van der Waals surface area contributed by atoms with Crippen molar-refractivity contribution in [1.82, 2.24) is 4.57 Å². The molecule has 0 amide bonds. The zero-order valence-electron chi connectivity index (χ0n) is 18.4. The molecule has 0 radical (unpaired) electrons. The predicted octanol–water partition coefficient (Wildman–Crippen LogP) is 8.18. The van der Waals surface area contributed by atoms with Crippen molar-refractivity contribution in [2.75, 3.05) is 0 Å². The lowest BCUT2D eigenvalue weighted by atomic mass is 9.75. The van der Waals surface area contributed by atoms with E-state index in [0.717, 1.165) is 6.42 Å². The Hall–Kier alpha value is -3.06. The maximum atomic E-state index is 2.48. The summed E-state index contributed by atoms with van der Waals surface area (Å²) < 4.78 is 2.48. The van der Waals surface area contributed by atoms with Gasteiger partial charge in [0.2, 0.25) is 0 Å². The lowest BCUT2D eigenvalue weighted by Gasteiger charge is -2.34. The Balaban J connectivity index is 1.83. The van der Waals surface area contributed by atoms with Crippen LogP contribution < -0.4 is 0 Å². The standard InChI is InChI=1S/C29H29N/c1-5-7-8-12-20(6-2)21-17-18-26-23(19-21)22-13-11-15-25-28(22)30(26)27-16-10-9-14-24(27)29(25,3)4/h6,8-19H,5,7H2,1-4H3. The molecule has 0 aliphatic carbocycles. The van der Waals surface area contributed by atoms with E-state index in [9.17, 15) is 0 Å². The normalized spacial score (nSPS) is 15.3. The van der Waals surface area contributed by atoms with Gasteiger partial charge in [-0.05, 0) is 53.8 Å². The second-order valence-corrected chi connectivity index (χ2v) is 8.85. The summed E-state index contributed by atoms with van der Waals surface area (Å²) in [6.07, 6.45) is 9.07. The largest absolute Gasteiger partial charge is 0.309 e. The van der Waals surface area contributed by atoms with Crippen LogP contribution >= 0.6 is 0 Å². The zero-order chi connectivity index (χ0) is 20.9. The Bertz CT molecular complexity index is 1330. The van der Waals surface area contributed by atoms with Crippen LogP contribution in [0.3, 0.4) is 0 Å². The minimum absolute atomic E-state index is 0.0132. The van der Waals surface area contributed by atoms with Crippen molar-refractivity contribution in [2.45, 2.75) is 46.0 Å². The van der Waals surface area contributed by atoms with Crippen molar-refractivity contribution >= 4 is 27.4 Å². The van der Waals surface area contributed by atoms with Gasteiger partial charge in [0.05, 0.1) is 16.7 Å². The highest BCUT2D eigenvalue weighted by Crippen LogP contribution is 2.47. The lowest BCUT2D eigenvalue weighted by Crippen LogP contribution is -2.26. The van der Waals surface area contributed by atoms with E-state index in [0.29, 0.717) is 0 Å². The van der Waals surface area contributed by atoms with Crippen molar-refractivity contribution < 1.29 is 0 Å². The SMILES string of the molecule is CC=C(C=CCCC)c1ccc2c(c1)c1cccc3c1n2-c1ccccc1C3(C)C. The Morgan fingerprint density at radius 1 is 0.933 bits per heavy atom. The smallest absolute Gasteiger partial charge is 0.0582 e. The molecule has 1 aliphatic heterocycles. The van der Waals surface area contributed by atoms with Crippen LogP contribution in [-0.4, -0.2) is 4.57 Å². The maximum Gasteiger partial charge on any atom is 0.0582 e. The number of benzene rings is 3. The van der Waals surface area contributed by atoms with Crippen LogP contribution in [0.25, 0.3) is 33.1 Å². The fraction of sp³-hybridized carbons (Fsp3) is 0.241. The third-order valence-corrected chi connectivity index (χ3v) is 6.68. The minimum atomic E-state index is -0.0132. The molecule has 0 fully saturated rings. The van der Waals surface area contributed by atoms with Gasteiger partial charge in [-0.3, -0.25) is 0 Å². The summed E-state index contributed by atoms with van der Waals surface area (Å²) in [6.45, 7) is 9.05. The van der Waals surface area contributed by atoms with Crippen LogP contribution in [-0.2, 0) is 5.41 Å². The highest BCUT2D eigenvalue weighted by molar-refractivity contribution is 6.12. The molecule has 1 aromatic heterocycles. The van der Waals surface area contributed by atoms with Gasteiger partial charge in [0.1, 0.15) is 0 Å². The molecule has 0 N–H and O–H groups in total. The first-order valence-electron chi connectivity index (χ1n) is 11.1. The molecule has 3 aromatic carbocycles. The van der Waals surface area contributed by atoms with Crippen molar-refractivity contribution in [3.05, 3.63) is 95.6 Å². The Morgan fingerprint density at radius 2 is 1.73 bits per heavy atom. The Kier molecular flexibility index (Phi) is 4.43. The zero-order valence-corrected chi connectivity index (χ0v) is 18.4. The van der Waals surface area contributed by atoms with Crippen molar-refractivity contribution in [1.29, 1.82) is 0 Å². The molecule has 0 bridgehead atoms. The maximum absolute atomic E-state index is 2.48. The molecule has 0 spiro atoms. The van der Waals surface area contributed by atoms with Crippen molar-refractivity contribution in [3.8, 4) is 5.69 Å². The van der Waals surface area contributed by atoms with Gasteiger partial charge in [-0.1, -0.05) is 87.9 Å². The van der Waals surface area contributed by atoms with Gasteiger partial charge >= 0.3 is 0 Å². The summed E-state index contributed by atoms with van der Waals surface area (Å²) in [7, 11) is 0. The number of rotatable bonds is 4. The average Bonchev–Trinajstić information content (AvgIpc) is 3.10. The van der Waals surface area contributed by atoms with E-state index in [4.69, 9.17) is 0 Å². The van der Waals surface area contributed by atoms with Gasteiger partial charge in [0.15, 0.2) is 0 Å². The third kappa shape index (κ3) is 2.61. The topological polar surface area (TPSA) is 4.93 Å². The summed E-state index contributed by atoms with van der Waals surface area (Å²) in [5.41, 5.74) is 9.32. The first kappa shape index (κ1) is 18.9. The summed E-state index contributed by atoms with van der Waals surface area (Å²) in [4.78, 5) is 0. The molecule has 0 atom stereocenters. The molecular weight excluding hydrogens is 362 g/mol. The summed E-state index contributed by atoms with van der Waals surface area (Å²) >= 11 is 0. The summed E-state index contributed by atoms with van der Waals surface area (Å²) in [6, 6.07) is 22.7. The van der Waals surface area contributed by atoms with E-state index >= 15 is 0 Å². The highest BCUT2D eigenvalue weighted by Gasteiger charge is 2.34. The third-order valence-electron chi connectivity index (χ3n) is 6.68. The van der Waals surface area contributed by atoms with E-state index in [-0.39, 0.29) is 5.41 Å². The molecule has 0 unspecified atom stereocenters. The van der Waals surface area contributed by atoms with Gasteiger partial charge in [-0.15, -0.1) is 0 Å². The highest BCUT2D eigenvalue weighted by atomic mass is 15.0. The predicted molar refractivity (Wildman–Crippen MR) is 131 cm³/mol. The van der Waals surface area contributed by atoms with E-state index in [1.165, 1.54) is 56.2 Å². The fourth-order valence-corrected chi connectivity index (χ4v) is 5.08. The monoisotopic (exact) mass is 391 g/mol. The van der Waals surface area contributed by atoms with Crippen molar-refractivity contribution in [2.24, 2.45) is 0 Å². The van der Waals surface area contributed by atoms with E-state index in [1.54, 1.807) is 0 Å². The number of fused-ring (bicyclic) bond motifs is 5. The molecule has 0 saturated carbocycles. The van der Waals surface area contributed by atoms with E-state index < -0.39 is 0 Å². The van der Waals surface area contributed by atoms with Crippen molar-refractivity contribution in [3.63, 3.8) is 0 Å². The second-order valence-electron chi connectivity index (χ2n) is 8.85. The number of unbranched alkanes of at least 4 members (excludes halogenated alkanes) is 1. The summed E-state index contributed by atoms with van der Waals surface area (Å²) in [5, 5.41) is 2.68. The fourth-order valence-electron chi connectivity index (χ4n) is 5.08. The lowest BCUT2D eigenvalue weighted by molar-refractivity contribution is 0.630. The molecule has 2 heterocycles. The average molecular weight is 392 g/mol. The number of hydrogen-bond donors (Lipinski definition) is 0. The summed E-state index contributed by atoms with van der Waals surface area (Å²) in [5.74, 6) is 0. The minimum Gasteiger partial charge on any atom is -0.309 e. The first-order valence-corrected chi connectivity index (χ1v) is 11.1.